The highest BCUT2D eigenvalue weighted by molar-refractivity contribution is 7.86. The highest BCUT2D eigenvalue weighted by Gasteiger charge is 2.37. The largest absolute Gasteiger partial charge is 0.472 e. The lowest BCUT2D eigenvalue weighted by Gasteiger charge is -2.23. The third-order valence-corrected chi connectivity index (χ3v) is 6.20. The van der Waals surface area contributed by atoms with Gasteiger partial charge in [0.15, 0.2) is 5.82 Å². The topological polar surface area (TPSA) is 78.9 Å². The summed E-state index contributed by atoms with van der Waals surface area (Å²) in [6.07, 6.45) is 2.39. The Kier molecular flexibility index (Phi) is 4.69. The van der Waals surface area contributed by atoms with Gasteiger partial charge in [0.1, 0.15) is 6.10 Å². The highest BCUT2D eigenvalue weighted by Crippen LogP contribution is 2.23. The van der Waals surface area contributed by atoms with Crippen molar-refractivity contribution in [3.8, 4) is 5.88 Å². The van der Waals surface area contributed by atoms with Crippen LogP contribution in [0.25, 0.3) is 0 Å². The predicted octanol–water partition coefficient (Wildman–Crippen LogP) is 0.336. The van der Waals surface area contributed by atoms with Crippen molar-refractivity contribution in [2.45, 2.75) is 25.4 Å². The first-order valence-corrected chi connectivity index (χ1v) is 9.29. The van der Waals surface area contributed by atoms with Crippen LogP contribution in [-0.2, 0) is 10.2 Å². The van der Waals surface area contributed by atoms with E-state index in [1.54, 1.807) is 10.4 Å². The average Bonchev–Trinajstić information content (AvgIpc) is 3.19. The van der Waals surface area contributed by atoms with Crippen LogP contribution in [0.2, 0.25) is 0 Å². The zero-order chi connectivity index (χ0) is 16.4. The van der Waals surface area contributed by atoms with Crippen LogP contribution in [0.3, 0.4) is 0 Å². The van der Waals surface area contributed by atoms with Gasteiger partial charge in [-0.1, -0.05) is 0 Å². The molecule has 0 radical (unpaired) electrons. The van der Waals surface area contributed by atoms with Crippen molar-refractivity contribution < 1.29 is 13.2 Å². The van der Waals surface area contributed by atoms with Crippen molar-refractivity contribution in [2.24, 2.45) is 0 Å². The third kappa shape index (κ3) is 3.56. The van der Waals surface area contributed by atoms with Gasteiger partial charge in [0.25, 0.3) is 10.2 Å². The molecule has 2 saturated heterocycles. The second-order valence-electron chi connectivity index (χ2n) is 6.12. The maximum absolute atomic E-state index is 12.5. The first-order chi connectivity index (χ1) is 11.0. The lowest BCUT2D eigenvalue weighted by Crippen LogP contribution is -2.41. The molecule has 3 rings (SSSR count). The summed E-state index contributed by atoms with van der Waals surface area (Å²) in [5.74, 6) is 1.18. The van der Waals surface area contributed by atoms with Crippen LogP contribution in [-0.4, -0.2) is 73.6 Å². The molecule has 1 aromatic heterocycles. The SMILES string of the molecule is CN(C)c1ccc(OC2CCN(S(=O)(=O)N3CCCC3)C2)nn1. The number of anilines is 1. The van der Waals surface area contributed by atoms with Crippen LogP contribution in [0.15, 0.2) is 12.1 Å². The lowest BCUT2D eigenvalue weighted by atomic mass is 10.3. The molecule has 0 N–H and O–H groups in total. The Bertz CT molecular complexity index is 628. The first kappa shape index (κ1) is 16.4. The minimum Gasteiger partial charge on any atom is -0.472 e. The second-order valence-corrected chi connectivity index (χ2v) is 8.05. The van der Waals surface area contributed by atoms with Gasteiger partial charge in [-0.05, 0) is 25.3 Å². The molecule has 1 atom stereocenters. The molecule has 3 heterocycles. The molecule has 0 spiro atoms. The Morgan fingerprint density at radius 3 is 2.48 bits per heavy atom. The van der Waals surface area contributed by atoms with Crippen molar-refractivity contribution in [1.82, 2.24) is 18.8 Å². The molecule has 0 saturated carbocycles. The summed E-state index contributed by atoms with van der Waals surface area (Å²) < 4.78 is 33.9. The third-order valence-electron chi connectivity index (χ3n) is 4.20. The standard InChI is InChI=1S/C14H23N5O3S/c1-17(2)13-5-6-14(16-15-13)22-12-7-10-19(11-12)23(20,21)18-8-3-4-9-18/h5-6,12H,3-4,7-11H2,1-2H3. The van der Waals surface area contributed by atoms with Crippen LogP contribution in [0, 0.1) is 0 Å². The van der Waals surface area contributed by atoms with E-state index in [1.165, 1.54) is 4.31 Å². The van der Waals surface area contributed by atoms with Crippen molar-refractivity contribution in [1.29, 1.82) is 0 Å². The number of rotatable bonds is 5. The number of hydrogen-bond acceptors (Lipinski definition) is 6. The summed E-state index contributed by atoms with van der Waals surface area (Å²) in [5, 5.41) is 8.10. The minimum atomic E-state index is -3.34. The van der Waals surface area contributed by atoms with Gasteiger partial charge in [0.2, 0.25) is 5.88 Å². The van der Waals surface area contributed by atoms with Gasteiger partial charge in [-0.2, -0.15) is 17.0 Å². The quantitative estimate of drug-likeness (QED) is 0.768. The second kappa shape index (κ2) is 6.58. The van der Waals surface area contributed by atoms with Crippen LogP contribution >= 0.6 is 0 Å². The van der Waals surface area contributed by atoms with Crippen molar-refractivity contribution in [3.05, 3.63) is 12.1 Å². The molecule has 2 aliphatic rings. The van der Waals surface area contributed by atoms with Crippen LogP contribution < -0.4 is 9.64 Å². The van der Waals surface area contributed by atoms with E-state index in [0.717, 1.165) is 18.7 Å². The summed E-state index contributed by atoms with van der Waals surface area (Å²) >= 11 is 0. The van der Waals surface area contributed by atoms with Crippen molar-refractivity contribution in [3.63, 3.8) is 0 Å². The highest BCUT2D eigenvalue weighted by atomic mass is 32.2. The van der Waals surface area contributed by atoms with E-state index in [0.29, 0.717) is 38.5 Å². The predicted molar refractivity (Wildman–Crippen MR) is 86.7 cm³/mol. The molecular formula is C14H23N5O3S. The van der Waals surface area contributed by atoms with E-state index >= 15 is 0 Å². The minimum absolute atomic E-state index is 0.174. The van der Waals surface area contributed by atoms with E-state index < -0.39 is 10.2 Å². The smallest absolute Gasteiger partial charge is 0.282 e. The Labute approximate surface area is 137 Å². The summed E-state index contributed by atoms with van der Waals surface area (Å²) in [4.78, 5) is 1.86. The monoisotopic (exact) mass is 341 g/mol. The van der Waals surface area contributed by atoms with Gasteiger partial charge >= 0.3 is 0 Å². The molecule has 0 bridgehead atoms. The number of hydrogen-bond donors (Lipinski definition) is 0. The van der Waals surface area contributed by atoms with Crippen LogP contribution in [0.4, 0.5) is 5.82 Å². The zero-order valence-corrected chi connectivity index (χ0v) is 14.4. The molecule has 0 aliphatic carbocycles. The normalized spacial score (nSPS) is 23.3. The summed E-state index contributed by atoms with van der Waals surface area (Å²) in [5.41, 5.74) is 0. The van der Waals surface area contributed by atoms with Crippen LogP contribution in [0.1, 0.15) is 19.3 Å². The van der Waals surface area contributed by atoms with Gasteiger partial charge in [0.05, 0.1) is 6.54 Å². The molecule has 0 amide bonds. The zero-order valence-electron chi connectivity index (χ0n) is 13.6. The summed E-state index contributed by atoms with van der Waals surface area (Å²) in [7, 11) is 0.445. The summed E-state index contributed by atoms with van der Waals surface area (Å²) in [6, 6.07) is 3.59. The van der Waals surface area contributed by atoms with Crippen LogP contribution in [0.5, 0.6) is 5.88 Å². The molecule has 0 aromatic carbocycles. The van der Waals surface area contributed by atoms with E-state index in [9.17, 15) is 8.42 Å². The fourth-order valence-corrected chi connectivity index (χ4v) is 4.61. The maximum atomic E-state index is 12.5. The van der Waals surface area contributed by atoms with Gasteiger partial charge in [0, 0.05) is 39.8 Å². The first-order valence-electron chi connectivity index (χ1n) is 7.90. The average molecular weight is 341 g/mol. The Morgan fingerprint density at radius 1 is 1.13 bits per heavy atom. The fraction of sp³-hybridized carbons (Fsp3) is 0.714. The van der Waals surface area contributed by atoms with Crippen molar-refractivity contribution >= 4 is 16.0 Å². The molecule has 1 aromatic rings. The molecule has 8 nitrogen and oxygen atoms in total. The molecule has 23 heavy (non-hydrogen) atoms. The molecule has 1 unspecified atom stereocenters. The number of nitrogens with zero attached hydrogens (tertiary/aromatic N) is 5. The Balaban J connectivity index is 1.59. The van der Waals surface area contributed by atoms with Gasteiger partial charge in [-0.3, -0.25) is 0 Å². The maximum Gasteiger partial charge on any atom is 0.282 e. The van der Waals surface area contributed by atoms with E-state index in [1.807, 2.05) is 25.1 Å². The van der Waals surface area contributed by atoms with Gasteiger partial charge < -0.3 is 9.64 Å². The molecule has 2 fully saturated rings. The molecule has 9 heteroatoms. The Morgan fingerprint density at radius 2 is 1.87 bits per heavy atom. The molecule has 2 aliphatic heterocycles. The number of aromatic nitrogens is 2. The van der Waals surface area contributed by atoms with Gasteiger partial charge in [-0.15, -0.1) is 10.2 Å². The van der Waals surface area contributed by atoms with Crippen molar-refractivity contribution in [2.75, 3.05) is 45.2 Å². The molecule has 128 valence electrons. The van der Waals surface area contributed by atoms with Gasteiger partial charge in [-0.25, -0.2) is 0 Å². The van der Waals surface area contributed by atoms with E-state index in [2.05, 4.69) is 10.2 Å². The number of ether oxygens (including phenoxy) is 1. The summed E-state index contributed by atoms with van der Waals surface area (Å²) in [6.45, 7) is 2.12. The molecular weight excluding hydrogens is 318 g/mol. The Hall–Kier alpha value is -1.45. The fourth-order valence-electron chi connectivity index (χ4n) is 2.87. The van der Waals surface area contributed by atoms with E-state index in [4.69, 9.17) is 4.74 Å². The lowest BCUT2D eigenvalue weighted by molar-refractivity contribution is 0.203. The van der Waals surface area contributed by atoms with E-state index in [-0.39, 0.29) is 6.10 Å².